The number of nitrogens with one attached hydrogen (secondary N) is 1. The van der Waals surface area contributed by atoms with E-state index in [1.165, 1.54) is 11.4 Å². The van der Waals surface area contributed by atoms with Crippen molar-refractivity contribution in [3.05, 3.63) is 65.2 Å². The topological polar surface area (TPSA) is 77.4 Å². The lowest BCUT2D eigenvalue weighted by Crippen LogP contribution is -2.48. The molecule has 2 aliphatic rings. The second-order valence-corrected chi connectivity index (χ2v) is 9.86. The Morgan fingerprint density at radius 1 is 1.12 bits per heavy atom. The molecular formula is C22H25ClFN5O2S. The SMILES string of the molecule is CN=C(NS(=O)(=O)N1CCC(F)CC1)C1=NN(c2ccc(Cl)cc2)[C@@H](c2ccccc2)C1. The molecule has 2 aromatic rings. The van der Waals surface area contributed by atoms with E-state index in [4.69, 9.17) is 16.7 Å². The van der Waals surface area contributed by atoms with Crippen LogP contribution in [-0.2, 0) is 10.2 Å². The van der Waals surface area contributed by atoms with Crippen molar-refractivity contribution in [2.45, 2.75) is 31.5 Å². The first-order valence-corrected chi connectivity index (χ1v) is 12.3. The number of alkyl halides is 1. The highest BCUT2D eigenvalue weighted by atomic mass is 35.5. The van der Waals surface area contributed by atoms with E-state index < -0.39 is 16.4 Å². The van der Waals surface area contributed by atoms with Crippen molar-refractivity contribution in [1.29, 1.82) is 0 Å². The van der Waals surface area contributed by atoms with E-state index in [1.807, 2.05) is 47.5 Å². The minimum Gasteiger partial charge on any atom is -0.270 e. The number of hydrazone groups is 1. The zero-order valence-electron chi connectivity index (χ0n) is 17.7. The highest BCUT2D eigenvalue weighted by molar-refractivity contribution is 7.87. The molecule has 0 saturated carbocycles. The molecule has 2 aliphatic heterocycles. The van der Waals surface area contributed by atoms with E-state index in [1.54, 1.807) is 12.1 Å². The molecule has 4 rings (SSSR count). The summed E-state index contributed by atoms with van der Waals surface area (Å²) in [6, 6.07) is 17.1. The van der Waals surface area contributed by atoms with Gasteiger partial charge in [-0.25, -0.2) is 4.39 Å². The number of benzene rings is 2. The van der Waals surface area contributed by atoms with E-state index in [0.29, 0.717) is 17.2 Å². The van der Waals surface area contributed by atoms with Gasteiger partial charge in [0.15, 0.2) is 5.84 Å². The average Bonchev–Trinajstić information content (AvgIpc) is 3.24. The molecule has 0 spiro atoms. The molecule has 0 aliphatic carbocycles. The van der Waals surface area contributed by atoms with Gasteiger partial charge in [0, 0.05) is 31.6 Å². The van der Waals surface area contributed by atoms with E-state index >= 15 is 0 Å². The fraction of sp³-hybridized carbons (Fsp3) is 0.364. The van der Waals surface area contributed by atoms with Crippen LogP contribution in [0.3, 0.4) is 0 Å². The van der Waals surface area contributed by atoms with E-state index in [0.717, 1.165) is 11.3 Å². The first kappa shape index (κ1) is 22.7. The zero-order valence-corrected chi connectivity index (χ0v) is 19.2. The summed E-state index contributed by atoms with van der Waals surface area (Å²) in [4.78, 5) is 4.18. The van der Waals surface area contributed by atoms with Crippen molar-refractivity contribution < 1.29 is 12.8 Å². The maximum Gasteiger partial charge on any atom is 0.302 e. The highest BCUT2D eigenvalue weighted by Gasteiger charge is 2.34. The van der Waals surface area contributed by atoms with E-state index in [9.17, 15) is 12.8 Å². The summed E-state index contributed by atoms with van der Waals surface area (Å²) in [5, 5.41) is 7.20. The highest BCUT2D eigenvalue weighted by Crippen LogP contribution is 2.35. The van der Waals surface area contributed by atoms with Gasteiger partial charge in [-0.05, 0) is 42.7 Å². The van der Waals surface area contributed by atoms with Crippen LogP contribution in [0.1, 0.15) is 30.9 Å². The summed E-state index contributed by atoms with van der Waals surface area (Å²) in [5.41, 5.74) is 2.41. The Labute approximate surface area is 192 Å². The molecule has 1 atom stereocenters. The maximum atomic E-state index is 13.5. The summed E-state index contributed by atoms with van der Waals surface area (Å²) in [6.45, 7) is 0.285. The largest absolute Gasteiger partial charge is 0.302 e. The van der Waals surface area contributed by atoms with E-state index in [-0.39, 0.29) is 37.8 Å². The van der Waals surface area contributed by atoms with Crippen LogP contribution in [-0.4, -0.2) is 50.6 Å². The number of hydrogen-bond donors (Lipinski definition) is 1. The number of nitrogens with zero attached hydrogens (tertiary/aromatic N) is 4. The van der Waals surface area contributed by atoms with Crippen molar-refractivity contribution in [2.24, 2.45) is 10.1 Å². The smallest absolute Gasteiger partial charge is 0.270 e. The predicted molar refractivity (Wildman–Crippen MR) is 126 cm³/mol. The second kappa shape index (κ2) is 9.56. The second-order valence-electron chi connectivity index (χ2n) is 7.75. The van der Waals surface area contributed by atoms with Crippen molar-refractivity contribution in [2.75, 3.05) is 25.1 Å². The van der Waals surface area contributed by atoms with Crippen molar-refractivity contribution >= 4 is 39.0 Å². The Morgan fingerprint density at radius 2 is 1.78 bits per heavy atom. The van der Waals surface area contributed by atoms with Crippen LogP contribution >= 0.6 is 11.6 Å². The van der Waals surface area contributed by atoms with E-state index in [2.05, 4.69) is 9.71 Å². The van der Waals surface area contributed by atoms with Gasteiger partial charge in [-0.15, -0.1) is 0 Å². The van der Waals surface area contributed by atoms with Gasteiger partial charge >= 0.3 is 10.2 Å². The number of halogens is 2. The first-order valence-electron chi connectivity index (χ1n) is 10.4. The molecule has 0 radical (unpaired) electrons. The number of rotatable bonds is 5. The average molecular weight is 478 g/mol. The quantitative estimate of drug-likeness (QED) is 0.523. The Balaban J connectivity index is 1.61. The molecule has 32 heavy (non-hydrogen) atoms. The standard InChI is InChI=1S/C22H25ClFN5O2S/c1-25-22(27-32(30,31)28-13-11-18(24)12-14-28)20-15-21(16-5-3-2-4-6-16)29(26-20)19-9-7-17(23)8-10-19/h2-10,18,21H,11-15H2,1H3,(H,25,27)/t21-/m1/s1. The number of anilines is 1. The van der Waals surface area contributed by atoms with Crippen molar-refractivity contribution in [3.8, 4) is 0 Å². The van der Waals surface area contributed by atoms with Gasteiger partial charge in [-0.3, -0.25) is 14.7 Å². The molecule has 2 aromatic carbocycles. The third-order valence-electron chi connectivity index (χ3n) is 5.63. The van der Waals surface area contributed by atoms with Crippen molar-refractivity contribution in [3.63, 3.8) is 0 Å². The maximum absolute atomic E-state index is 13.5. The van der Waals surface area contributed by atoms with Crippen LogP contribution in [0.25, 0.3) is 0 Å². The molecule has 1 fully saturated rings. The van der Waals surface area contributed by atoms with Crippen LogP contribution in [0.5, 0.6) is 0 Å². The van der Waals surface area contributed by atoms with Crippen molar-refractivity contribution in [1.82, 2.24) is 9.03 Å². The molecule has 1 N–H and O–H groups in total. The van der Waals surface area contributed by atoms with Crippen LogP contribution in [0, 0.1) is 0 Å². The van der Waals surface area contributed by atoms with Gasteiger partial charge < -0.3 is 0 Å². The summed E-state index contributed by atoms with van der Waals surface area (Å²) >= 11 is 6.05. The molecule has 1 saturated heterocycles. The molecule has 0 aromatic heterocycles. The van der Waals surface area contributed by atoms with Crippen LogP contribution in [0.15, 0.2) is 64.7 Å². The molecule has 0 amide bonds. The zero-order chi connectivity index (χ0) is 22.7. The monoisotopic (exact) mass is 477 g/mol. The molecular weight excluding hydrogens is 453 g/mol. The third-order valence-corrected chi connectivity index (χ3v) is 7.38. The third kappa shape index (κ3) is 4.95. The Morgan fingerprint density at radius 3 is 2.41 bits per heavy atom. The summed E-state index contributed by atoms with van der Waals surface area (Å²) < 4.78 is 43.1. The summed E-state index contributed by atoms with van der Waals surface area (Å²) in [6.07, 6.45) is -0.101. The normalized spacial score (nSPS) is 21.0. The number of amidine groups is 1. The molecule has 0 bridgehead atoms. The van der Waals surface area contributed by atoms with Gasteiger partial charge in [0.1, 0.15) is 11.9 Å². The number of hydrogen-bond acceptors (Lipinski definition) is 5. The van der Waals surface area contributed by atoms with Gasteiger partial charge in [0.25, 0.3) is 0 Å². The minimum atomic E-state index is -3.86. The van der Waals surface area contributed by atoms with Crippen LogP contribution in [0.4, 0.5) is 10.1 Å². The summed E-state index contributed by atoms with van der Waals surface area (Å²) in [7, 11) is -2.33. The lowest BCUT2D eigenvalue weighted by atomic mass is 10.0. The number of piperidine rings is 1. The minimum absolute atomic E-state index is 0.129. The summed E-state index contributed by atoms with van der Waals surface area (Å²) in [5.74, 6) is 0.185. The van der Waals surface area contributed by atoms with Gasteiger partial charge in [-0.2, -0.15) is 17.8 Å². The Hall–Kier alpha value is -2.49. The Kier molecular flexibility index (Phi) is 6.78. The molecule has 0 unspecified atom stereocenters. The van der Waals surface area contributed by atoms with Gasteiger partial charge in [0.2, 0.25) is 0 Å². The lowest BCUT2D eigenvalue weighted by Gasteiger charge is -2.28. The lowest BCUT2D eigenvalue weighted by molar-refractivity contribution is 0.210. The molecule has 7 nitrogen and oxygen atoms in total. The van der Waals surface area contributed by atoms with Crippen LogP contribution < -0.4 is 9.73 Å². The fourth-order valence-electron chi connectivity index (χ4n) is 3.90. The molecule has 10 heteroatoms. The number of aliphatic imine (C=N–C) groups is 1. The Bertz CT molecular complexity index is 1100. The predicted octanol–water partition coefficient (Wildman–Crippen LogP) is 3.94. The molecule has 2 heterocycles. The van der Waals surface area contributed by atoms with Gasteiger partial charge in [-0.1, -0.05) is 41.9 Å². The van der Waals surface area contributed by atoms with Crippen LogP contribution in [0.2, 0.25) is 5.02 Å². The van der Waals surface area contributed by atoms with Gasteiger partial charge in [0.05, 0.1) is 11.7 Å². The molecule has 170 valence electrons. The first-order chi connectivity index (χ1) is 15.4. The fourth-order valence-corrected chi connectivity index (χ4v) is 5.30.